The van der Waals surface area contributed by atoms with Gasteiger partial charge in [0.05, 0.1) is 6.04 Å². The summed E-state index contributed by atoms with van der Waals surface area (Å²) in [4.78, 5) is 11.9. The molecule has 96 valence electrons. The van der Waals surface area contributed by atoms with E-state index in [1.807, 2.05) is 0 Å². The molecule has 3 nitrogen and oxygen atoms in total. The van der Waals surface area contributed by atoms with E-state index in [1.165, 1.54) is 6.07 Å². The Balaban J connectivity index is 1.60. The first kappa shape index (κ1) is 12.1. The van der Waals surface area contributed by atoms with Crippen LogP contribution in [0.3, 0.4) is 0 Å². The average molecular weight is 313 g/mol. The van der Waals surface area contributed by atoms with Crippen molar-refractivity contribution < 1.29 is 9.18 Å². The average Bonchev–Trinajstić information content (AvgIpc) is 3.01. The molecule has 1 aliphatic carbocycles. The van der Waals surface area contributed by atoms with Crippen LogP contribution in [-0.4, -0.2) is 18.5 Å². The van der Waals surface area contributed by atoms with Crippen LogP contribution < -0.4 is 10.6 Å². The van der Waals surface area contributed by atoms with E-state index in [1.54, 1.807) is 12.1 Å². The topological polar surface area (TPSA) is 41.1 Å². The molecule has 18 heavy (non-hydrogen) atoms. The number of piperidine rings is 1. The lowest BCUT2D eigenvalue weighted by Crippen LogP contribution is -2.42. The Hall–Kier alpha value is -0.940. The van der Waals surface area contributed by atoms with Crippen LogP contribution in [0.2, 0.25) is 0 Å². The van der Waals surface area contributed by atoms with Crippen LogP contribution in [0.5, 0.6) is 0 Å². The van der Waals surface area contributed by atoms with Crippen LogP contribution in [0.15, 0.2) is 22.7 Å². The van der Waals surface area contributed by atoms with E-state index < -0.39 is 0 Å². The van der Waals surface area contributed by atoms with E-state index in [0.29, 0.717) is 17.4 Å². The molecule has 1 aliphatic heterocycles. The Labute approximate surface area is 113 Å². The molecular formula is C13H14BrFN2O. The van der Waals surface area contributed by atoms with Gasteiger partial charge < -0.3 is 10.6 Å². The molecule has 2 unspecified atom stereocenters. The number of hydrogen-bond donors (Lipinski definition) is 2. The summed E-state index contributed by atoms with van der Waals surface area (Å²) < 4.78 is 14.3. The molecule has 0 aromatic heterocycles. The highest BCUT2D eigenvalue weighted by molar-refractivity contribution is 9.10. The fourth-order valence-corrected chi connectivity index (χ4v) is 3.01. The van der Waals surface area contributed by atoms with Gasteiger partial charge in [-0.1, -0.05) is 15.9 Å². The maximum absolute atomic E-state index is 13.5. The number of nitrogens with one attached hydrogen (secondary N) is 2. The molecule has 5 heteroatoms. The number of carbonyl (C=O) groups excluding carboxylic acids is 1. The molecule has 0 bridgehead atoms. The van der Waals surface area contributed by atoms with Crippen molar-refractivity contribution in [1.82, 2.24) is 10.6 Å². The first-order valence-corrected chi connectivity index (χ1v) is 6.89. The molecule has 2 fully saturated rings. The number of halogens is 2. The second-order valence-electron chi connectivity index (χ2n) is 5.00. The van der Waals surface area contributed by atoms with Gasteiger partial charge in [-0.2, -0.15) is 0 Å². The molecule has 1 amide bonds. The summed E-state index contributed by atoms with van der Waals surface area (Å²) in [6, 6.07) is 4.66. The zero-order chi connectivity index (χ0) is 12.7. The molecule has 1 saturated carbocycles. The van der Waals surface area contributed by atoms with E-state index >= 15 is 0 Å². The third-order valence-electron chi connectivity index (χ3n) is 3.75. The Morgan fingerprint density at radius 1 is 1.56 bits per heavy atom. The van der Waals surface area contributed by atoms with Crippen molar-refractivity contribution in [2.75, 3.05) is 6.54 Å². The Kier molecular flexibility index (Phi) is 3.11. The number of rotatable bonds is 3. The molecule has 3 atom stereocenters. The maximum Gasteiger partial charge on any atom is 0.237 e. The zero-order valence-corrected chi connectivity index (χ0v) is 11.3. The second kappa shape index (κ2) is 4.63. The van der Waals surface area contributed by atoms with E-state index in [-0.39, 0.29) is 24.3 Å². The number of hydrogen-bond acceptors (Lipinski definition) is 2. The van der Waals surface area contributed by atoms with Crippen molar-refractivity contribution >= 4 is 21.8 Å². The Bertz CT molecular complexity index is 494. The van der Waals surface area contributed by atoms with Gasteiger partial charge >= 0.3 is 0 Å². The lowest BCUT2D eigenvalue weighted by Gasteiger charge is -2.13. The van der Waals surface area contributed by atoms with Crippen molar-refractivity contribution in [3.8, 4) is 0 Å². The fraction of sp³-hybridized carbons (Fsp3) is 0.462. The normalized spacial score (nSPS) is 28.9. The first-order chi connectivity index (χ1) is 8.65. The minimum atomic E-state index is -0.290. The lowest BCUT2D eigenvalue weighted by molar-refractivity contribution is -0.123. The highest BCUT2D eigenvalue weighted by Crippen LogP contribution is 2.45. The van der Waals surface area contributed by atoms with Crippen molar-refractivity contribution in [3.05, 3.63) is 34.1 Å². The molecule has 1 aromatic rings. The molecule has 0 radical (unpaired) electrons. The third-order valence-corrected chi connectivity index (χ3v) is 4.24. The molecule has 1 saturated heterocycles. The largest absolute Gasteiger partial charge is 0.351 e. The third kappa shape index (κ3) is 2.29. The van der Waals surface area contributed by atoms with Crippen LogP contribution in [0.1, 0.15) is 12.0 Å². The summed E-state index contributed by atoms with van der Waals surface area (Å²) in [7, 11) is 0. The van der Waals surface area contributed by atoms with Crippen LogP contribution in [-0.2, 0) is 11.3 Å². The van der Waals surface area contributed by atoms with E-state index in [0.717, 1.165) is 17.4 Å². The molecule has 0 spiro atoms. The minimum Gasteiger partial charge on any atom is -0.351 e. The number of amides is 1. The number of fused-ring (bicyclic) bond motifs is 1. The van der Waals surface area contributed by atoms with Gasteiger partial charge in [-0.25, -0.2) is 4.39 Å². The van der Waals surface area contributed by atoms with Crippen molar-refractivity contribution in [1.29, 1.82) is 0 Å². The first-order valence-electron chi connectivity index (χ1n) is 6.10. The van der Waals surface area contributed by atoms with Crippen LogP contribution in [0, 0.1) is 17.7 Å². The molecular weight excluding hydrogens is 299 g/mol. The van der Waals surface area contributed by atoms with Gasteiger partial charge in [0.2, 0.25) is 5.91 Å². The summed E-state index contributed by atoms with van der Waals surface area (Å²) in [5.74, 6) is 0.877. The molecule has 1 heterocycles. The van der Waals surface area contributed by atoms with Crippen molar-refractivity contribution in [3.63, 3.8) is 0 Å². The van der Waals surface area contributed by atoms with Crippen molar-refractivity contribution in [2.45, 2.75) is 19.0 Å². The van der Waals surface area contributed by atoms with E-state index in [2.05, 4.69) is 26.6 Å². The number of carbonyl (C=O) groups is 1. The van der Waals surface area contributed by atoms with E-state index in [9.17, 15) is 9.18 Å². The van der Waals surface area contributed by atoms with Crippen molar-refractivity contribution in [2.24, 2.45) is 11.8 Å². The maximum atomic E-state index is 13.5. The van der Waals surface area contributed by atoms with Crippen LogP contribution in [0.4, 0.5) is 4.39 Å². The van der Waals surface area contributed by atoms with Gasteiger partial charge in [0.15, 0.2) is 0 Å². The second-order valence-corrected chi connectivity index (χ2v) is 5.91. The molecule has 2 aliphatic rings. The zero-order valence-electron chi connectivity index (χ0n) is 9.75. The summed E-state index contributed by atoms with van der Waals surface area (Å²) in [6.07, 6.45) is 1.15. The predicted molar refractivity (Wildman–Crippen MR) is 69.3 cm³/mol. The predicted octanol–water partition coefficient (Wildman–Crippen LogP) is 1.81. The number of benzene rings is 1. The SMILES string of the molecule is O=C(NCc1cc(Br)ccc1F)C1NCC2C[C@@H]21. The van der Waals surface area contributed by atoms with Gasteiger partial charge in [-0.15, -0.1) is 0 Å². The smallest absolute Gasteiger partial charge is 0.237 e. The molecule has 1 aromatic carbocycles. The van der Waals surface area contributed by atoms with Crippen LogP contribution in [0.25, 0.3) is 0 Å². The quantitative estimate of drug-likeness (QED) is 0.894. The summed E-state index contributed by atoms with van der Waals surface area (Å²) in [5, 5.41) is 6.01. The molecule has 3 rings (SSSR count). The molecule has 2 N–H and O–H groups in total. The van der Waals surface area contributed by atoms with Gasteiger partial charge in [0, 0.05) is 16.6 Å². The highest BCUT2D eigenvalue weighted by atomic mass is 79.9. The van der Waals surface area contributed by atoms with Gasteiger partial charge in [0.25, 0.3) is 0 Å². The van der Waals surface area contributed by atoms with Crippen LogP contribution >= 0.6 is 15.9 Å². The summed E-state index contributed by atoms with van der Waals surface area (Å²) in [5.41, 5.74) is 0.503. The lowest BCUT2D eigenvalue weighted by atomic mass is 10.1. The van der Waals surface area contributed by atoms with Gasteiger partial charge in [-0.05, 0) is 43.0 Å². The van der Waals surface area contributed by atoms with Gasteiger partial charge in [0.1, 0.15) is 5.82 Å². The minimum absolute atomic E-state index is 0.0145. The summed E-state index contributed by atoms with van der Waals surface area (Å²) >= 11 is 3.29. The summed E-state index contributed by atoms with van der Waals surface area (Å²) in [6.45, 7) is 1.17. The standard InChI is InChI=1S/C13H14BrFN2O/c14-9-1-2-11(15)8(3-9)6-17-13(18)12-10-4-7(10)5-16-12/h1-3,7,10,12,16H,4-6H2,(H,17,18)/t7?,10-,12?/m0/s1. The fourth-order valence-electron chi connectivity index (χ4n) is 2.60. The monoisotopic (exact) mass is 312 g/mol. The Morgan fingerprint density at radius 3 is 3.06 bits per heavy atom. The van der Waals surface area contributed by atoms with E-state index in [4.69, 9.17) is 0 Å². The Morgan fingerprint density at radius 2 is 2.39 bits per heavy atom. The highest BCUT2D eigenvalue weighted by Gasteiger charge is 2.50. The van der Waals surface area contributed by atoms with Gasteiger partial charge in [-0.3, -0.25) is 4.79 Å².